The molecule has 0 aromatic heterocycles. The summed E-state index contributed by atoms with van der Waals surface area (Å²) in [5.41, 5.74) is 7.02. The number of rotatable bonds is 8. The van der Waals surface area contributed by atoms with Gasteiger partial charge in [-0.05, 0) is 42.9 Å². The second-order valence-electron chi connectivity index (χ2n) is 6.32. The SMILES string of the molecule is O=C(NCCCOCC1CC1)C1CNNC1c1ccc(F)cc1. The summed E-state index contributed by atoms with van der Waals surface area (Å²) in [6.45, 7) is 2.73. The third-order valence-corrected chi connectivity index (χ3v) is 4.36. The van der Waals surface area contributed by atoms with Gasteiger partial charge in [0, 0.05) is 26.3 Å². The van der Waals surface area contributed by atoms with Crippen molar-refractivity contribution in [3.05, 3.63) is 35.6 Å². The summed E-state index contributed by atoms with van der Waals surface area (Å²) >= 11 is 0. The lowest BCUT2D eigenvalue weighted by atomic mass is 9.94. The fourth-order valence-electron chi connectivity index (χ4n) is 2.78. The Morgan fingerprint density at radius 3 is 2.83 bits per heavy atom. The highest BCUT2D eigenvalue weighted by atomic mass is 19.1. The molecule has 2 fully saturated rings. The summed E-state index contributed by atoms with van der Waals surface area (Å²) in [5.74, 6) is 0.315. The molecular formula is C17H24FN3O2. The molecule has 126 valence electrons. The Kier molecular flexibility index (Phi) is 5.59. The van der Waals surface area contributed by atoms with Crippen LogP contribution in [0.3, 0.4) is 0 Å². The molecule has 1 aromatic rings. The predicted octanol–water partition coefficient (Wildman–Crippen LogP) is 1.52. The lowest BCUT2D eigenvalue weighted by Crippen LogP contribution is -2.35. The molecule has 1 saturated heterocycles. The van der Waals surface area contributed by atoms with E-state index in [9.17, 15) is 9.18 Å². The standard InChI is InChI=1S/C17H24FN3O2/c18-14-6-4-13(5-7-14)16-15(10-20-21-16)17(22)19-8-1-9-23-11-12-2-3-12/h4-7,12,15-16,20-21H,1-3,8-11H2,(H,19,22). The Morgan fingerprint density at radius 2 is 2.09 bits per heavy atom. The maximum atomic E-state index is 13.0. The molecule has 1 amide bonds. The zero-order chi connectivity index (χ0) is 16.1. The minimum absolute atomic E-state index is 0.0130. The highest BCUT2D eigenvalue weighted by molar-refractivity contribution is 5.80. The van der Waals surface area contributed by atoms with Crippen LogP contribution in [0.25, 0.3) is 0 Å². The summed E-state index contributed by atoms with van der Waals surface area (Å²) < 4.78 is 18.6. The summed E-state index contributed by atoms with van der Waals surface area (Å²) in [6, 6.07) is 6.13. The van der Waals surface area contributed by atoms with Gasteiger partial charge in [0.2, 0.25) is 5.91 Å². The first-order chi connectivity index (χ1) is 11.2. The number of nitrogens with one attached hydrogen (secondary N) is 3. The number of carbonyl (C=O) groups is 1. The van der Waals surface area contributed by atoms with Gasteiger partial charge >= 0.3 is 0 Å². The van der Waals surface area contributed by atoms with E-state index in [1.165, 1.54) is 25.0 Å². The molecule has 3 N–H and O–H groups in total. The van der Waals surface area contributed by atoms with E-state index in [0.29, 0.717) is 19.7 Å². The Hall–Kier alpha value is -1.50. The average Bonchev–Trinajstić information content (AvgIpc) is 3.25. The molecule has 0 bridgehead atoms. The van der Waals surface area contributed by atoms with Gasteiger partial charge in [-0.3, -0.25) is 10.2 Å². The number of benzene rings is 1. The van der Waals surface area contributed by atoms with Crippen molar-refractivity contribution < 1.29 is 13.9 Å². The second-order valence-corrected chi connectivity index (χ2v) is 6.32. The van der Waals surface area contributed by atoms with Gasteiger partial charge in [0.1, 0.15) is 5.82 Å². The van der Waals surface area contributed by atoms with Crippen LogP contribution in [0.4, 0.5) is 4.39 Å². The van der Waals surface area contributed by atoms with Crippen molar-refractivity contribution in [2.75, 3.05) is 26.3 Å². The van der Waals surface area contributed by atoms with Crippen molar-refractivity contribution in [2.24, 2.45) is 11.8 Å². The van der Waals surface area contributed by atoms with E-state index < -0.39 is 0 Å². The van der Waals surface area contributed by atoms with Gasteiger partial charge in [-0.1, -0.05) is 12.1 Å². The van der Waals surface area contributed by atoms with Crippen molar-refractivity contribution in [3.8, 4) is 0 Å². The van der Waals surface area contributed by atoms with Gasteiger partial charge in [-0.2, -0.15) is 0 Å². The van der Waals surface area contributed by atoms with Gasteiger partial charge in [-0.25, -0.2) is 9.82 Å². The Bertz CT molecular complexity index is 519. The molecule has 1 aromatic carbocycles. The quantitative estimate of drug-likeness (QED) is 0.636. The average molecular weight is 321 g/mol. The molecule has 1 heterocycles. The Balaban J connectivity index is 1.41. The molecule has 1 aliphatic heterocycles. The fraction of sp³-hybridized carbons (Fsp3) is 0.588. The molecule has 23 heavy (non-hydrogen) atoms. The maximum absolute atomic E-state index is 13.0. The number of hydrogen-bond acceptors (Lipinski definition) is 4. The molecule has 1 saturated carbocycles. The van der Waals surface area contributed by atoms with Crippen LogP contribution in [0.2, 0.25) is 0 Å². The molecule has 2 unspecified atom stereocenters. The molecule has 0 spiro atoms. The van der Waals surface area contributed by atoms with Crippen LogP contribution in [0.5, 0.6) is 0 Å². The van der Waals surface area contributed by atoms with E-state index in [1.54, 1.807) is 12.1 Å². The van der Waals surface area contributed by atoms with E-state index in [1.807, 2.05) is 0 Å². The third-order valence-electron chi connectivity index (χ3n) is 4.36. The van der Waals surface area contributed by atoms with E-state index >= 15 is 0 Å². The topological polar surface area (TPSA) is 62.4 Å². The monoisotopic (exact) mass is 321 g/mol. The molecule has 1 aliphatic carbocycles. The zero-order valence-corrected chi connectivity index (χ0v) is 13.2. The smallest absolute Gasteiger partial charge is 0.226 e. The van der Waals surface area contributed by atoms with Crippen LogP contribution in [-0.4, -0.2) is 32.2 Å². The lowest BCUT2D eigenvalue weighted by Gasteiger charge is -2.18. The highest BCUT2D eigenvalue weighted by Gasteiger charge is 2.33. The maximum Gasteiger partial charge on any atom is 0.226 e. The van der Waals surface area contributed by atoms with Crippen LogP contribution in [0.1, 0.15) is 30.9 Å². The van der Waals surface area contributed by atoms with Gasteiger partial charge in [0.15, 0.2) is 0 Å². The van der Waals surface area contributed by atoms with Gasteiger partial charge < -0.3 is 10.1 Å². The predicted molar refractivity (Wildman–Crippen MR) is 84.9 cm³/mol. The van der Waals surface area contributed by atoms with E-state index in [-0.39, 0.29) is 23.7 Å². The van der Waals surface area contributed by atoms with Crippen LogP contribution >= 0.6 is 0 Å². The van der Waals surface area contributed by atoms with Crippen molar-refractivity contribution in [2.45, 2.75) is 25.3 Å². The number of hydrazine groups is 1. The normalized spacial score (nSPS) is 23.9. The fourth-order valence-corrected chi connectivity index (χ4v) is 2.78. The molecule has 2 aliphatic rings. The van der Waals surface area contributed by atoms with Gasteiger partial charge in [0.05, 0.1) is 12.0 Å². The first-order valence-corrected chi connectivity index (χ1v) is 8.33. The minimum Gasteiger partial charge on any atom is -0.381 e. The van der Waals surface area contributed by atoms with E-state index in [4.69, 9.17) is 4.74 Å². The first kappa shape index (κ1) is 16.4. The summed E-state index contributed by atoms with van der Waals surface area (Å²) in [7, 11) is 0. The molecule has 6 heteroatoms. The zero-order valence-electron chi connectivity index (χ0n) is 13.2. The second kappa shape index (κ2) is 7.86. The number of ether oxygens (including phenoxy) is 1. The lowest BCUT2D eigenvalue weighted by molar-refractivity contribution is -0.125. The van der Waals surface area contributed by atoms with Crippen LogP contribution in [-0.2, 0) is 9.53 Å². The summed E-state index contributed by atoms with van der Waals surface area (Å²) in [4.78, 5) is 12.3. The Labute approximate surface area is 135 Å². The summed E-state index contributed by atoms with van der Waals surface area (Å²) in [5, 5.41) is 2.97. The first-order valence-electron chi connectivity index (χ1n) is 8.33. The van der Waals surface area contributed by atoms with E-state index in [2.05, 4.69) is 16.2 Å². The van der Waals surface area contributed by atoms with Crippen LogP contribution in [0.15, 0.2) is 24.3 Å². The third kappa shape index (κ3) is 4.73. The van der Waals surface area contributed by atoms with Crippen molar-refractivity contribution in [1.29, 1.82) is 0 Å². The number of hydrogen-bond donors (Lipinski definition) is 3. The van der Waals surface area contributed by atoms with Crippen LogP contribution < -0.4 is 16.2 Å². The van der Waals surface area contributed by atoms with E-state index in [0.717, 1.165) is 24.5 Å². The molecule has 5 nitrogen and oxygen atoms in total. The van der Waals surface area contributed by atoms with Crippen molar-refractivity contribution in [3.63, 3.8) is 0 Å². The minimum atomic E-state index is -0.271. The molecule has 3 rings (SSSR count). The largest absolute Gasteiger partial charge is 0.381 e. The summed E-state index contributed by atoms with van der Waals surface area (Å²) in [6.07, 6.45) is 3.42. The number of carbonyl (C=O) groups excluding carboxylic acids is 1. The number of halogens is 1. The number of amides is 1. The van der Waals surface area contributed by atoms with Gasteiger partial charge in [0.25, 0.3) is 0 Å². The molecular weight excluding hydrogens is 297 g/mol. The Morgan fingerprint density at radius 1 is 1.30 bits per heavy atom. The van der Waals surface area contributed by atoms with Crippen molar-refractivity contribution >= 4 is 5.91 Å². The highest BCUT2D eigenvalue weighted by Crippen LogP contribution is 2.28. The molecule has 2 atom stereocenters. The van der Waals surface area contributed by atoms with Crippen LogP contribution in [0, 0.1) is 17.7 Å². The molecule has 0 radical (unpaired) electrons. The van der Waals surface area contributed by atoms with Gasteiger partial charge in [-0.15, -0.1) is 0 Å². The van der Waals surface area contributed by atoms with Crippen molar-refractivity contribution in [1.82, 2.24) is 16.2 Å².